The predicted molar refractivity (Wildman–Crippen MR) is 70.1 cm³/mol. The van der Waals surface area contributed by atoms with Gasteiger partial charge in [-0.3, -0.25) is 0 Å². The van der Waals surface area contributed by atoms with Gasteiger partial charge in [-0.15, -0.1) is 0 Å². The van der Waals surface area contributed by atoms with Crippen LogP contribution in [0.5, 0.6) is 0 Å². The van der Waals surface area contributed by atoms with Gasteiger partial charge in [0.1, 0.15) is 11.4 Å². The summed E-state index contributed by atoms with van der Waals surface area (Å²) in [5.74, 6) is 0. The van der Waals surface area contributed by atoms with Gasteiger partial charge in [-0.1, -0.05) is 17.8 Å². The van der Waals surface area contributed by atoms with Crippen molar-refractivity contribution >= 4 is 27.3 Å². The zero-order chi connectivity index (χ0) is 13.2. The highest BCUT2D eigenvalue weighted by molar-refractivity contribution is 7.99. The molecule has 0 bridgehead atoms. The second-order valence-electron chi connectivity index (χ2n) is 3.59. The third-order valence-electron chi connectivity index (χ3n) is 2.19. The van der Waals surface area contributed by atoms with Crippen molar-refractivity contribution in [2.45, 2.75) is 14.8 Å². The molecule has 0 spiro atoms. The lowest BCUT2D eigenvalue weighted by Gasteiger charge is -2.08. The van der Waals surface area contributed by atoms with Crippen LogP contribution in [0.3, 0.4) is 0 Å². The predicted octanol–water partition coefficient (Wildman–Crippen LogP) is 1.61. The molecular weight excluding hydrogens is 270 g/mol. The van der Waals surface area contributed by atoms with E-state index in [1.165, 1.54) is 24.2 Å². The first-order chi connectivity index (χ1) is 8.48. The first-order valence-corrected chi connectivity index (χ1v) is 7.71. The topological polar surface area (TPSA) is 85.9 Å². The minimum atomic E-state index is -3.32. The van der Waals surface area contributed by atoms with Crippen LogP contribution in [-0.2, 0) is 9.84 Å². The molecule has 1 aromatic heterocycles. The van der Waals surface area contributed by atoms with E-state index in [0.29, 0.717) is 9.92 Å². The molecule has 0 aliphatic rings. The van der Waals surface area contributed by atoms with Gasteiger partial charge in [-0.2, -0.15) is 0 Å². The Kier molecular flexibility index (Phi) is 3.53. The zero-order valence-corrected chi connectivity index (χ0v) is 11.2. The van der Waals surface area contributed by atoms with Crippen LogP contribution in [0.4, 0.5) is 5.69 Å². The Hall–Kier alpha value is -1.60. The lowest BCUT2D eigenvalue weighted by Crippen LogP contribution is -2.03. The van der Waals surface area contributed by atoms with Gasteiger partial charge in [0.2, 0.25) is 0 Å². The molecule has 1 aromatic carbocycles. The Morgan fingerprint density at radius 1 is 1.28 bits per heavy atom. The van der Waals surface area contributed by atoms with Crippen molar-refractivity contribution in [3.63, 3.8) is 0 Å². The van der Waals surface area contributed by atoms with Crippen LogP contribution in [-0.4, -0.2) is 24.6 Å². The number of hydrogen-bond acceptors (Lipinski definition) is 6. The number of nitrogen functional groups attached to an aromatic ring is 1. The number of benzene rings is 1. The zero-order valence-electron chi connectivity index (χ0n) is 9.57. The quantitative estimate of drug-likeness (QED) is 0.679. The number of nitrogens with zero attached hydrogens (tertiary/aromatic N) is 2. The van der Waals surface area contributed by atoms with E-state index >= 15 is 0 Å². The summed E-state index contributed by atoms with van der Waals surface area (Å²) >= 11 is 1.30. The van der Waals surface area contributed by atoms with Gasteiger partial charge < -0.3 is 5.73 Å². The maximum Gasteiger partial charge on any atom is 0.177 e. The second kappa shape index (κ2) is 4.95. The molecule has 2 rings (SSSR count). The van der Waals surface area contributed by atoms with Gasteiger partial charge in [-0.25, -0.2) is 18.4 Å². The minimum Gasteiger partial charge on any atom is -0.397 e. The second-order valence-corrected chi connectivity index (χ2v) is 6.64. The van der Waals surface area contributed by atoms with Crippen molar-refractivity contribution in [2.75, 3.05) is 12.0 Å². The average molecular weight is 281 g/mol. The Balaban J connectivity index is 2.42. The molecule has 0 saturated heterocycles. The van der Waals surface area contributed by atoms with E-state index in [0.717, 1.165) is 6.26 Å². The van der Waals surface area contributed by atoms with E-state index in [-0.39, 0.29) is 10.6 Å². The number of sulfone groups is 1. The van der Waals surface area contributed by atoms with Crippen molar-refractivity contribution in [3.05, 3.63) is 36.8 Å². The summed E-state index contributed by atoms with van der Waals surface area (Å²) in [6.07, 6.45) is 4.18. The number of nitrogens with two attached hydrogens (primary N) is 1. The molecule has 2 aromatic rings. The molecule has 5 nitrogen and oxygen atoms in total. The summed E-state index contributed by atoms with van der Waals surface area (Å²) in [5.41, 5.74) is 6.13. The molecule has 0 saturated carbocycles. The van der Waals surface area contributed by atoms with Crippen molar-refractivity contribution < 1.29 is 8.42 Å². The molecule has 18 heavy (non-hydrogen) atoms. The van der Waals surface area contributed by atoms with Crippen LogP contribution in [0.1, 0.15) is 0 Å². The van der Waals surface area contributed by atoms with Gasteiger partial charge in [0.25, 0.3) is 0 Å². The van der Waals surface area contributed by atoms with E-state index in [4.69, 9.17) is 5.73 Å². The Bertz CT molecular complexity index is 657. The molecule has 7 heteroatoms. The highest BCUT2D eigenvalue weighted by atomic mass is 32.2. The largest absolute Gasteiger partial charge is 0.397 e. The van der Waals surface area contributed by atoms with E-state index in [1.54, 1.807) is 24.4 Å². The van der Waals surface area contributed by atoms with E-state index in [1.807, 2.05) is 0 Å². The van der Waals surface area contributed by atoms with Crippen molar-refractivity contribution in [2.24, 2.45) is 0 Å². The average Bonchev–Trinajstić information content (AvgIpc) is 2.32. The summed E-state index contributed by atoms with van der Waals surface area (Å²) in [6, 6.07) is 6.65. The van der Waals surface area contributed by atoms with Crippen molar-refractivity contribution in [1.82, 2.24) is 9.97 Å². The fourth-order valence-electron chi connectivity index (χ4n) is 1.39. The van der Waals surface area contributed by atoms with E-state index in [9.17, 15) is 8.42 Å². The smallest absolute Gasteiger partial charge is 0.177 e. The molecule has 0 aliphatic carbocycles. The van der Waals surface area contributed by atoms with Crippen LogP contribution in [0, 0.1) is 0 Å². The molecule has 94 valence electrons. The normalized spacial score (nSPS) is 11.4. The number of rotatable bonds is 3. The van der Waals surface area contributed by atoms with Crippen LogP contribution < -0.4 is 5.73 Å². The first kappa shape index (κ1) is 12.8. The van der Waals surface area contributed by atoms with Crippen LogP contribution in [0.2, 0.25) is 0 Å². The summed E-state index contributed by atoms with van der Waals surface area (Å²) < 4.78 is 23.1. The standard InChI is InChI=1S/C11H11N3O2S2/c1-18(15,16)9-4-2-3-8(11(9)12)17-10-5-6-13-7-14-10/h2-7H,12H2,1H3. The van der Waals surface area contributed by atoms with Gasteiger partial charge in [0.15, 0.2) is 9.84 Å². The third kappa shape index (κ3) is 2.80. The molecule has 1 heterocycles. The van der Waals surface area contributed by atoms with Crippen LogP contribution in [0.25, 0.3) is 0 Å². The SMILES string of the molecule is CS(=O)(=O)c1cccc(Sc2ccncn2)c1N. The summed E-state index contributed by atoms with van der Waals surface area (Å²) in [5, 5.41) is 0.711. The molecule has 0 amide bonds. The molecule has 0 fully saturated rings. The van der Waals surface area contributed by atoms with Gasteiger partial charge in [0.05, 0.1) is 10.6 Å². The molecule has 0 unspecified atom stereocenters. The Morgan fingerprint density at radius 2 is 2.06 bits per heavy atom. The molecule has 0 radical (unpaired) electrons. The highest BCUT2D eigenvalue weighted by Crippen LogP contribution is 2.33. The summed E-state index contributed by atoms with van der Waals surface area (Å²) in [6.45, 7) is 0. The molecule has 0 atom stereocenters. The maximum absolute atomic E-state index is 11.5. The fraction of sp³-hybridized carbons (Fsp3) is 0.0909. The number of hydrogen-bond donors (Lipinski definition) is 1. The van der Waals surface area contributed by atoms with Gasteiger partial charge in [0, 0.05) is 17.3 Å². The van der Waals surface area contributed by atoms with Crippen LogP contribution in [0.15, 0.2) is 51.6 Å². The number of anilines is 1. The molecule has 0 aliphatic heterocycles. The lowest BCUT2D eigenvalue weighted by atomic mass is 10.3. The Morgan fingerprint density at radius 3 is 2.67 bits per heavy atom. The van der Waals surface area contributed by atoms with Gasteiger partial charge >= 0.3 is 0 Å². The number of para-hydroxylation sites is 1. The van der Waals surface area contributed by atoms with Crippen LogP contribution >= 0.6 is 11.8 Å². The van der Waals surface area contributed by atoms with Crippen molar-refractivity contribution in [1.29, 1.82) is 0 Å². The minimum absolute atomic E-state index is 0.140. The van der Waals surface area contributed by atoms with Gasteiger partial charge in [-0.05, 0) is 18.2 Å². The molecule has 2 N–H and O–H groups in total. The first-order valence-electron chi connectivity index (χ1n) is 5.01. The Labute approximate surface area is 109 Å². The number of aromatic nitrogens is 2. The summed E-state index contributed by atoms with van der Waals surface area (Å²) in [7, 11) is -3.32. The molecular formula is C11H11N3O2S2. The highest BCUT2D eigenvalue weighted by Gasteiger charge is 2.14. The maximum atomic E-state index is 11.5. The van der Waals surface area contributed by atoms with E-state index in [2.05, 4.69) is 9.97 Å². The van der Waals surface area contributed by atoms with Crippen molar-refractivity contribution in [3.8, 4) is 0 Å². The fourth-order valence-corrected chi connectivity index (χ4v) is 3.11. The summed E-state index contributed by atoms with van der Waals surface area (Å²) in [4.78, 5) is 8.67. The lowest BCUT2D eigenvalue weighted by molar-refractivity contribution is 0.602. The third-order valence-corrected chi connectivity index (χ3v) is 4.38. The van der Waals surface area contributed by atoms with E-state index < -0.39 is 9.84 Å². The monoisotopic (exact) mass is 281 g/mol.